The molecule has 0 saturated carbocycles. The van der Waals surface area contributed by atoms with Gasteiger partial charge in [0.25, 0.3) is 5.91 Å². The largest absolute Gasteiger partial charge is 0.287 e. The highest BCUT2D eigenvalue weighted by molar-refractivity contribution is 6.30. The fourth-order valence-corrected chi connectivity index (χ4v) is 2.08. The molecule has 1 amide bonds. The number of carbonyl (C=O) groups is 1. The number of amides is 1. The van der Waals surface area contributed by atoms with Crippen LogP contribution in [0.25, 0.3) is 0 Å². The lowest BCUT2D eigenvalue weighted by Gasteiger charge is -2.18. The van der Waals surface area contributed by atoms with Gasteiger partial charge < -0.3 is 0 Å². The molecular weight excluding hydrogens is 284 g/mol. The number of carbonyl (C=O) groups excluding carboxylic acids is 1. The summed E-state index contributed by atoms with van der Waals surface area (Å²) in [6.07, 6.45) is 2.50. The summed E-state index contributed by atoms with van der Waals surface area (Å²) in [6.45, 7) is 3.75. The Labute approximate surface area is 129 Å². The Morgan fingerprint density at radius 3 is 2.43 bits per heavy atom. The fourth-order valence-electron chi connectivity index (χ4n) is 1.95. The van der Waals surface area contributed by atoms with Crippen molar-refractivity contribution in [1.29, 1.82) is 0 Å². The van der Waals surface area contributed by atoms with Crippen LogP contribution in [0.2, 0.25) is 5.02 Å². The molecule has 2 rings (SSSR count). The number of benzene rings is 2. The molecule has 1 atom stereocenters. The molecule has 0 saturated heterocycles. The van der Waals surface area contributed by atoms with Crippen LogP contribution in [-0.4, -0.2) is 5.91 Å². The van der Waals surface area contributed by atoms with Crippen LogP contribution in [0.3, 0.4) is 0 Å². The van der Waals surface area contributed by atoms with Crippen LogP contribution >= 0.6 is 11.6 Å². The first kappa shape index (κ1) is 15.3. The van der Waals surface area contributed by atoms with Crippen LogP contribution in [0.4, 0.5) is 0 Å². The highest BCUT2D eigenvalue weighted by Gasteiger charge is 2.11. The van der Waals surface area contributed by atoms with Gasteiger partial charge in [-0.25, -0.2) is 5.43 Å². The van der Waals surface area contributed by atoms with E-state index in [1.165, 1.54) is 0 Å². The second-order valence-corrected chi connectivity index (χ2v) is 5.03. The van der Waals surface area contributed by atoms with E-state index in [9.17, 15) is 4.79 Å². The summed E-state index contributed by atoms with van der Waals surface area (Å²) in [5, 5.41) is 0.685. The Hall–Kier alpha value is -2.10. The molecule has 0 aromatic heterocycles. The summed E-state index contributed by atoms with van der Waals surface area (Å²) in [6, 6.07) is 16.5. The van der Waals surface area contributed by atoms with Crippen LogP contribution in [0.1, 0.15) is 28.4 Å². The Bertz CT molecular complexity index is 596. The second-order valence-electron chi connectivity index (χ2n) is 4.59. The van der Waals surface area contributed by atoms with Crippen molar-refractivity contribution in [2.75, 3.05) is 0 Å². The maximum Gasteiger partial charge on any atom is 0.265 e. The molecule has 108 valence electrons. The molecule has 0 radical (unpaired) electrons. The maximum atomic E-state index is 12.0. The summed E-state index contributed by atoms with van der Waals surface area (Å²) in [5.41, 5.74) is 7.41. The highest BCUT2D eigenvalue weighted by atomic mass is 35.5. The van der Waals surface area contributed by atoms with Crippen molar-refractivity contribution in [1.82, 2.24) is 10.9 Å². The summed E-state index contributed by atoms with van der Waals surface area (Å²) in [4.78, 5) is 12.0. The topological polar surface area (TPSA) is 41.1 Å². The average molecular weight is 301 g/mol. The Balaban J connectivity index is 2.02. The first-order chi connectivity index (χ1) is 10.2. The van der Waals surface area contributed by atoms with Gasteiger partial charge in [0.2, 0.25) is 0 Å². The molecule has 0 aliphatic carbocycles. The molecule has 0 spiro atoms. The molecule has 0 unspecified atom stereocenters. The molecule has 0 fully saturated rings. The average Bonchev–Trinajstić information content (AvgIpc) is 2.53. The Kier molecular flexibility index (Phi) is 5.55. The van der Waals surface area contributed by atoms with Gasteiger partial charge >= 0.3 is 0 Å². The minimum absolute atomic E-state index is 0.0487. The monoisotopic (exact) mass is 300 g/mol. The van der Waals surface area contributed by atoms with Gasteiger partial charge in [0.1, 0.15) is 0 Å². The number of halogens is 1. The Morgan fingerprint density at radius 2 is 1.81 bits per heavy atom. The first-order valence-electron chi connectivity index (χ1n) is 6.68. The summed E-state index contributed by atoms with van der Waals surface area (Å²) < 4.78 is 0. The quantitative estimate of drug-likeness (QED) is 0.627. The molecule has 21 heavy (non-hydrogen) atoms. The van der Waals surface area contributed by atoms with Crippen molar-refractivity contribution in [2.24, 2.45) is 0 Å². The van der Waals surface area contributed by atoms with E-state index in [4.69, 9.17) is 11.6 Å². The zero-order valence-electron chi connectivity index (χ0n) is 11.6. The predicted octanol–water partition coefficient (Wildman–Crippen LogP) is 3.89. The molecule has 3 nitrogen and oxygen atoms in total. The van der Waals surface area contributed by atoms with Crippen LogP contribution in [-0.2, 0) is 0 Å². The van der Waals surface area contributed by atoms with Crippen molar-refractivity contribution in [3.8, 4) is 0 Å². The lowest BCUT2D eigenvalue weighted by molar-refractivity contribution is 0.0925. The van der Waals surface area contributed by atoms with E-state index >= 15 is 0 Å². The van der Waals surface area contributed by atoms with Crippen LogP contribution in [0.15, 0.2) is 67.3 Å². The zero-order chi connectivity index (χ0) is 15.1. The minimum Gasteiger partial charge on any atom is -0.287 e. The van der Waals surface area contributed by atoms with Crippen LogP contribution in [0, 0.1) is 0 Å². The Morgan fingerprint density at radius 1 is 1.14 bits per heavy atom. The summed E-state index contributed by atoms with van der Waals surface area (Å²) in [7, 11) is 0. The van der Waals surface area contributed by atoms with Crippen LogP contribution in [0.5, 0.6) is 0 Å². The van der Waals surface area contributed by atoms with Crippen molar-refractivity contribution in [3.05, 3.63) is 83.4 Å². The van der Waals surface area contributed by atoms with E-state index in [0.717, 1.165) is 5.56 Å². The van der Waals surface area contributed by atoms with E-state index < -0.39 is 0 Å². The predicted molar refractivity (Wildman–Crippen MR) is 86.1 cm³/mol. The first-order valence-corrected chi connectivity index (χ1v) is 7.06. The molecule has 2 N–H and O–H groups in total. The van der Waals surface area contributed by atoms with E-state index in [1.807, 2.05) is 42.5 Å². The fraction of sp³-hybridized carbons (Fsp3) is 0.118. The molecule has 0 aliphatic heterocycles. The van der Waals surface area contributed by atoms with Gasteiger partial charge in [-0.15, -0.1) is 6.58 Å². The number of nitrogens with one attached hydrogen (secondary N) is 2. The molecule has 4 heteroatoms. The number of hydrogen-bond donors (Lipinski definition) is 2. The third kappa shape index (κ3) is 4.45. The van der Waals surface area contributed by atoms with E-state index in [0.29, 0.717) is 17.0 Å². The number of hydrogen-bond acceptors (Lipinski definition) is 2. The normalized spacial score (nSPS) is 11.7. The minimum atomic E-state index is -0.168. The molecule has 0 bridgehead atoms. The van der Waals surface area contributed by atoms with Gasteiger partial charge in [0.15, 0.2) is 0 Å². The second kappa shape index (κ2) is 7.62. The van der Waals surface area contributed by atoms with E-state index in [2.05, 4.69) is 17.4 Å². The van der Waals surface area contributed by atoms with Crippen molar-refractivity contribution < 1.29 is 4.79 Å². The van der Waals surface area contributed by atoms with Gasteiger partial charge in [0, 0.05) is 10.6 Å². The smallest absolute Gasteiger partial charge is 0.265 e. The lowest BCUT2D eigenvalue weighted by atomic mass is 10.0. The number of rotatable bonds is 6. The third-order valence-electron chi connectivity index (χ3n) is 3.07. The highest BCUT2D eigenvalue weighted by Crippen LogP contribution is 2.19. The lowest BCUT2D eigenvalue weighted by Crippen LogP contribution is -2.39. The third-order valence-corrected chi connectivity index (χ3v) is 3.32. The molecule has 2 aromatic rings. The van der Waals surface area contributed by atoms with E-state index in [1.54, 1.807) is 18.2 Å². The summed E-state index contributed by atoms with van der Waals surface area (Å²) in [5.74, 6) is -0.168. The maximum absolute atomic E-state index is 12.0. The summed E-state index contributed by atoms with van der Waals surface area (Å²) >= 11 is 5.89. The molecule has 0 aliphatic rings. The zero-order valence-corrected chi connectivity index (χ0v) is 12.3. The van der Waals surface area contributed by atoms with Gasteiger partial charge in [0.05, 0.1) is 6.04 Å². The van der Waals surface area contributed by atoms with Gasteiger partial charge in [-0.05, 0) is 36.2 Å². The van der Waals surface area contributed by atoms with Crippen LogP contribution < -0.4 is 10.9 Å². The van der Waals surface area contributed by atoms with Crippen molar-refractivity contribution in [3.63, 3.8) is 0 Å². The van der Waals surface area contributed by atoms with Gasteiger partial charge in [-0.2, -0.15) is 0 Å². The molecule has 2 aromatic carbocycles. The standard InChI is InChI=1S/C17H17ClN2O/c1-2-6-16(13-9-11-15(18)12-10-13)19-20-17(21)14-7-4-3-5-8-14/h2-5,7-12,16,19H,1,6H2,(H,20,21)/t16-/m1/s1. The number of hydrazine groups is 1. The van der Waals surface area contributed by atoms with Crippen molar-refractivity contribution >= 4 is 17.5 Å². The molecule has 0 heterocycles. The SMILES string of the molecule is C=CC[C@@H](NNC(=O)c1ccccc1)c1ccc(Cl)cc1. The van der Waals surface area contributed by atoms with Gasteiger partial charge in [-0.3, -0.25) is 10.2 Å². The van der Waals surface area contributed by atoms with E-state index in [-0.39, 0.29) is 11.9 Å². The van der Waals surface area contributed by atoms with Crippen molar-refractivity contribution in [2.45, 2.75) is 12.5 Å². The van der Waals surface area contributed by atoms with Gasteiger partial charge in [-0.1, -0.05) is 48.0 Å². The molecular formula is C17H17ClN2O.